The highest BCUT2D eigenvalue weighted by molar-refractivity contribution is 5.92. The summed E-state index contributed by atoms with van der Waals surface area (Å²) in [5.74, 6) is -0.645. The number of allylic oxidation sites excluding steroid dienone is 1. The van der Waals surface area contributed by atoms with Crippen LogP contribution in [0.4, 0.5) is 4.39 Å². The second-order valence-electron chi connectivity index (χ2n) is 6.28. The molecule has 2 aromatic rings. The van der Waals surface area contributed by atoms with Crippen molar-refractivity contribution in [1.82, 2.24) is 4.90 Å². The van der Waals surface area contributed by atoms with E-state index in [0.717, 1.165) is 0 Å². The molecule has 0 aliphatic carbocycles. The molecule has 7 heteroatoms. The number of nitrogens with zero attached hydrogens (tertiary/aromatic N) is 1. The highest BCUT2D eigenvalue weighted by atomic mass is 19.1. The molecule has 1 amide bonds. The van der Waals surface area contributed by atoms with Gasteiger partial charge in [0.1, 0.15) is 5.82 Å². The van der Waals surface area contributed by atoms with Crippen LogP contribution >= 0.6 is 0 Å². The van der Waals surface area contributed by atoms with Crippen molar-refractivity contribution in [3.8, 4) is 11.5 Å². The lowest BCUT2D eigenvalue weighted by Gasteiger charge is -2.18. The SMILES string of the molecule is C=CCc1cc(C(=O)OCC(=O)N(C)Cc2ccccc2F)cc(OC)c1OC. The third-order valence-electron chi connectivity index (χ3n) is 4.27. The molecule has 0 bridgehead atoms. The van der Waals surface area contributed by atoms with Gasteiger partial charge in [0.05, 0.1) is 19.8 Å². The van der Waals surface area contributed by atoms with Gasteiger partial charge in [0.2, 0.25) is 0 Å². The van der Waals surface area contributed by atoms with Gasteiger partial charge in [0, 0.05) is 24.7 Å². The summed E-state index contributed by atoms with van der Waals surface area (Å²) in [5.41, 5.74) is 1.31. The molecule has 6 nitrogen and oxygen atoms in total. The summed E-state index contributed by atoms with van der Waals surface area (Å²) in [6.45, 7) is 3.30. The third kappa shape index (κ3) is 5.57. The highest BCUT2D eigenvalue weighted by Gasteiger charge is 2.19. The Balaban J connectivity index is 2.06. The highest BCUT2D eigenvalue weighted by Crippen LogP contribution is 2.33. The summed E-state index contributed by atoms with van der Waals surface area (Å²) in [4.78, 5) is 26.0. The zero-order valence-corrected chi connectivity index (χ0v) is 16.7. The molecule has 29 heavy (non-hydrogen) atoms. The molecule has 2 aromatic carbocycles. The van der Waals surface area contributed by atoms with Crippen molar-refractivity contribution in [2.75, 3.05) is 27.9 Å². The Kier molecular flexibility index (Phi) is 7.77. The summed E-state index contributed by atoms with van der Waals surface area (Å²) >= 11 is 0. The molecule has 0 heterocycles. The quantitative estimate of drug-likeness (QED) is 0.476. The van der Waals surface area contributed by atoms with Gasteiger partial charge in [-0.05, 0) is 24.6 Å². The molecule has 0 atom stereocenters. The molecule has 0 aromatic heterocycles. The van der Waals surface area contributed by atoms with Crippen LogP contribution in [0.1, 0.15) is 21.5 Å². The minimum atomic E-state index is -0.677. The van der Waals surface area contributed by atoms with Crippen molar-refractivity contribution in [3.05, 3.63) is 71.6 Å². The van der Waals surface area contributed by atoms with Crippen LogP contribution in [0.3, 0.4) is 0 Å². The third-order valence-corrected chi connectivity index (χ3v) is 4.27. The van der Waals surface area contributed by atoms with Gasteiger partial charge in [-0.15, -0.1) is 6.58 Å². The van der Waals surface area contributed by atoms with Crippen LogP contribution in [0, 0.1) is 5.82 Å². The molecule has 0 unspecified atom stereocenters. The predicted molar refractivity (Wildman–Crippen MR) is 107 cm³/mol. The zero-order chi connectivity index (χ0) is 21.4. The van der Waals surface area contributed by atoms with Crippen LogP contribution < -0.4 is 9.47 Å². The maximum Gasteiger partial charge on any atom is 0.338 e. The minimum absolute atomic E-state index is 0.0723. The zero-order valence-electron chi connectivity index (χ0n) is 16.7. The Morgan fingerprint density at radius 3 is 2.48 bits per heavy atom. The van der Waals surface area contributed by atoms with E-state index in [2.05, 4.69) is 6.58 Å². The second kappa shape index (κ2) is 10.3. The van der Waals surface area contributed by atoms with E-state index in [9.17, 15) is 14.0 Å². The van der Waals surface area contributed by atoms with Crippen molar-refractivity contribution in [3.63, 3.8) is 0 Å². The molecule has 0 aliphatic heterocycles. The fourth-order valence-electron chi connectivity index (χ4n) is 2.76. The Hall–Kier alpha value is -3.35. The molecule has 154 valence electrons. The number of halogens is 1. The van der Waals surface area contributed by atoms with Gasteiger partial charge in [-0.25, -0.2) is 9.18 Å². The van der Waals surface area contributed by atoms with Gasteiger partial charge in [-0.3, -0.25) is 4.79 Å². The molecular weight excluding hydrogens is 377 g/mol. The van der Waals surface area contributed by atoms with E-state index in [1.54, 1.807) is 30.3 Å². The topological polar surface area (TPSA) is 65.1 Å². The lowest BCUT2D eigenvalue weighted by Crippen LogP contribution is -2.31. The number of likely N-dealkylation sites (N-methyl/N-ethyl adjacent to an activating group) is 1. The summed E-state index contributed by atoms with van der Waals surface area (Å²) < 4.78 is 29.5. The molecule has 0 fully saturated rings. The molecule has 0 N–H and O–H groups in total. The van der Waals surface area contributed by atoms with E-state index >= 15 is 0 Å². The number of rotatable bonds is 9. The van der Waals surface area contributed by atoms with Crippen molar-refractivity contribution in [1.29, 1.82) is 0 Å². The second-order valence-corrected chi connectivity index (χ2v) is 6.28. The fourth-order valence-corrected chi connectivity index (χ4v) is 2.76. The Bertz CT molecular complexity index is 897. The largest absolute Gasteiger partial charge is 0.493 e. The van der Waals surface area contributed by atoms with Gasteiger partial charge in [0.15, 0.2) is 18.1 Å². The van der Waals surface area contributed by atoms with Crippen LogP contribution in [0.15, 0.2) is 49.1 Å². The van der Waals surface area contributed by atoms with Crippen molar-refractivity contribution < 1.29 is 28.2 Å². The van der Waals surface area contributed by atoms with Crippen LogP contribution in [0.2, 0.25) is 0 Å². The maximum atomic E-state index is 13.7. The average Bonchev–Trinajstić information content (AvgIpc) is 2.72. The Labute approximate surface area is 169 Å². The number of carbonyl (C=O) groups excluding carboxylic acids is 2. The lowest BCUT2D eigenvalue weighted by atomic mass is 10.1. The summed E-state index contributed by atoms with van der Waals surface area (Å²) in [6, 6.07) is 9.28. The van der Waals surface area contributed by atoms with E-state index in [0.29, 0.717) is 29.0 Å². The van der Waals surface area contributed by atoms with E-state index < -0.39 is 24.3 Å². The first-order valence-corrected chi connectivity index (χ1v) is 8.91. The number of hydrogen-bond donors (Lipinski definition) is 0. The molecule has 0 saturated heterocycles. The normalized spacial score (nSPS) is 10.2. The van der Waals surface area contributed by atoms with Gasteiger partial charge in [-0.2, -0.15) is 0 Å². The monoisotopic (exact) mass is 401 g/mol. The predicted octanol–water partition coefficient (Wildman–Crippen LogP) is 3.39. The number of hydrogen-bond acceptors (Lipinski definition) is 5. The average molecular weight is 401 g/mol. The number of amides is 1. The Morgan fingerprint density at radius 1 is 1.14 bits per heavy atom. The van der Waals surface area contributed by atoms with Gasteiger partial charge < -0.3 is 19.1 Å². The summed E-state index contributed by atoms with van der Waals surface area (Å²) in [7, 11) is 4.49. The van der Waals surface area contributed by atoms with E-state index in [-0.39, 0.29) is 12.1 Å². The van der Waals surface area contributed by atoms with E-state index in [4.69, 9.17) is 14.2 Å². The standard InChI is InChI=1S/C22H24FNO5/c1-5-8-15-11-17(12-19(27-3)21(15)28-4)22(26)29-14-20(25)24(2)13-16-9-6-7-10-18(16)23/h5-7,9-12H,1,8,13-14H2,2-4H3. The molecule has 0 spiro atoms. The van der Waals surface area contributed by atoms with Gasteiger partial charge >= 0.3 is 5.97 Å². The number of ether oxygens (including phenoxy) is 3. The first-order valence-electron chi connectivity index (χ1n) is 8.91. The lowest BCUT2D eigenvalue weighted by molar-refractivity contribution is -0.133. The fraction of sp³-hybridized carbons (Fsp3) is 0.273. The molecule has 0 aliphatic rings. The summed E-state index contributed by atoms with van der Waals surface area (Å²) in [6.07, 6.45) is 2.14. The molecule has 0 saturated carbocycles. The van der Waals surface area contributed by atoms with Crippen LogP contribution in [-0.4, -0.2) is 44.7 Å². The van der Waals surface area contributed by atoms with E-state index in [1.165, 1.54) is 38.3 Å². The summed E-state index contributed by atoms with van der Waals surface area (Å²) in [5, 5.41) is 0. The molecule has 0 radical (unpaired) electrons. The van der Waals surface area contributed by atoms with Crippen LogP contribution in [-0.2, 0) is 22.5 Å². The van der Waals surface area contributed by atoms with Crippen molar-refractivity contribution in [2.45, 2.75) is 13.0 Å². The molecular formula is C22H24FNO5. The van der Waals surface area contributed by atoms with Crippen molar-refractivity contribution >= 4 is 11.9 Å². The number of carbonyl (C=O) groups is 2. The first-order chi connectivity index (χ1) is 13.9. The van der Waals surface area contributed by atoms with Gasteiger partial charge in [0.25, 0.3) is 5.91 Å². The van der Waals surface area contributed by atoms with Crippen LogP contribution in [0.5, 0.6) is 11.5 Å². The maximum absolute atomic E-state index is 13.7. The number of esters is 1. The van der Waals surface area contributed by atoms with Crippen LogP contribution in [0.25, 0.3) is 0 Å². The minimum Gasteiger partial charge on any atom is -0.493 e. The van der Waals surface area contributed by atoms with E-state index in [1.807, 2.05) is 0 Å². The van der Waals surface area contributed by atoms with Gasteiger partial charge in [-0.1, -0.05) is 24.3 Å². The Morgan fingerprint density at radius 2 is 1.86 bits per heavy atom. The molecule has 2 rings (SSSR count). The first kappa shape index (κ1) is 21.9. The smallest absolute Gasteiger partial charge is 0.338 e. The number of benzene rings is 2. The van der Waals surface area contributed by atoms with Crippen molar-refractivity contribution in [2.24, 2.45) is 0 Å². The number of methoxy groups -OCH3 is 2.